The van der Waals surface area contributed by atoms with Gasteiger partial charge in [0.2, 0.25) is 0 Å². The van der Waals surface area contributed by atoms with Crippen molar-refractivity contribution >= 4 is 6.29 Å². The van der Waals surface area contributed by atoms with Gasteiger partial charge in [-0.15, -0.1) is 0 Å². The maximum absolute atomic E-state index is 11.2. The number of nitrogens with zero attached hydrogens (tertiary/aromatic N) is 3. The molecule has 0 saturated heterocycles. The molecule has 0 spiro atoms. The molecule has 1 aliphatic carbocycles. The summed E-state index contributed by atoms with van der Waals surface area (Å²) in [4.78, 5) is 15.1. The molecule has 1 aliphatic rings. The highest BCUT2D eigenvalue weighted by atomic mass is 16.5. The van der Waals surface area contributed by atoms with Gasteiger partial charge in [0.1, 0.15) is 11.3 Å². The second-order valence-electron chi connectivity index (χ2n) is 6.63. The van der Waals surface area contributed by atoms with Crippen LogP contribution in [0.15, 0.2) is 24.7 Å². The van der Waals surface area contributed by atoms with Crippen LogP contribution in [-0.2, 0) is 6.54 Å². The van der Waals surface area contributed by atoms with E-state index in [4.69, 9.17) is 4.74 Å². The van der Waals surface area contributed by atoms with Crippen molar-refractivity contribution in [2.24, 2.45) is 5.92 Å². The number of carbonyl (C=O) groups is 1. The SMILES string of the molecule is CCCn1nccc1C1CCCCC1COc1cncc(O)c1C=O. The fraction of sp³-hybridized carbons (Fsp3) is 0.526. The molecular formula is C19H25N3O3. The van der Waals surface area contributed by atoms with E-state index in [1.807, 2.05) is 6.20 Å². The average molecular weight is 343 g/mol. The van der Waals surface area contributed by atoms with Crippen LogP contribution in [0.25, 0.3) is 0 Å². The van der Waals surface area contributed by atoms with Gasteiger partial charge in [-0.25, -0.2) is 0 Å². The second kappa shape index (κ2) is 8.14. The summed E-state index contributed by atoms with van der Waals surface area (Å²) in [6, 6.07) is 2.12. The van der Waals surface area contributed by atoms with E-state index in [0.717, 1.165) is 25.8 Å². The van der Waals surface area contributed by atoms with Crippen molar-refractivity contribution in [1.82, 2.24) is 14.8 Å². The molecule has 2 aromatic rings. The van der Waals surface area contributed by atoms with Gasteiger partial charge in [0.15, 0.2) is 12.0 Å². The summed E-state index contributed by atoms with van der Waals surface area (Å²) in [5, 5.41) is 14.2. The van der Waals surface area contributed by atoms with Gasteiger partial charge >= 0.3 is 0 Å². The molecule has 0 bridgehead atoms. The molecule has 25 heavy (non-hydrogen) atoms. The molecule has 1 N–H and O–H groups in total. The normalized spacial score (nSPS) is 20.4. The number of aromatic hydroxyl groups is 1. The summed E-state index contributed by atoms with van der Waals surface area (Å²) >= 11 is 0. The van der Waals surface area contributed by atoms with Crippen molar-refractivity contribution in [3.8, 4) is 11.5 Å². The van der Waals surface area contributed by atoms with Crippen LogP contribution < -0.4 is 4.74 Å². The minimum atomic E-state index is -0.145. The zero-order valence-electron chi connectivity index (χ0n) is 14.6. The highest BCUT2D eigenvalue weighted by Crippen LogP contribution is 2.38. The smallest absolute Gasteiger partial charge is 0.157 e. The van der Waals surface area contributed by atoms with Crippen molar-refractivity contribution in [2.45, 2.75) is 51.5 Å². The third-order valence-corrected chi connectivity index (χ3v) is 4.97. The largest absolute Gasteiger partial charge is 0.505 e. The number of aldehydes is 1. The zero-order valence-corrected chi connectivity index (χ0v) is 14.6. The first kappa shape index (κ1) is 17.5. The molecule has 0 radical (unpaired) electrons. The maximum Gasteiger partial charge on any atom is 0.157 e. The van der Waals surface area contributed by atoms with Gasteiger partial charge in [-0.3, -0.25) is 14.5 Å². The van der Waals surface area contributed by atoms with Gasteiger partial charge in [-0.2, -0.15) is 5.10 Å². The van der Waals surface area contributed by atoms with E-state index < -0.39 is 0 Å². The maximum atomic E-state index is 11.2. The zero-order chi connectivity index (χ0) is 17.6. The van der Waals surface area contributed by atoms with Crippen LogP contribution in [0, 0.1) is 5.92 Å². The number of rotatable bonds is 7. The summed E-state index contributed by atoms with van der Waals surface area (Å²) in [5.41, 5.74) is 1.44. The van der Waals surface area contributed by atoms with Gasteiger partial charge < -0.3 is 9.84 Å². The minimum Gasteiger partial charge on any atom is -0.505 e. The van der Waals surface area contributed by atoms with Crippen molar-refractivity contribution in [2.75, 3.05) is 6.61 Å². The van der Waals surface area contributed by atoms with Crippen molar-refractivity contribution in [1.29, 1.82) is 0 Å². The number of aryl methyl sites for hydroxylation is 1. The van der Waals surface area contributed by atoms with Crippen LogP contribution in [0.1, 0.15) is 61.0 Å². The van der Waals surface area contributed by atoms with E-state index in [0.29, 0.717) is 30.5 Å². The Bertz CT molecular complexity index is 714. The fourth-order valence-electron chi connectivity index (χ4n) is 3.72. The van der Waals surface area contributed by atoms with E-state index in [-0.39, 0.29) is 11.3 Å². The molecule has 6 nitrogen and oxygen atoms in total. The van der Waals surface area contributed by atoms with Crippen LogP contribution in [-0.4, -0.2) is 32.8 Å². The van der Waals surface area contributed by atoms with Crippen LogP contribution in [0.4, 0.5) is 0 Å². The predicted molar refractivity (Wildman–Crippen MR) is 94.0 cm³/mol. The Morgan fingerprint density at radius 2 is 2.20 bits per heavy atom. The molecule has 2 atom stereocenters. The average Bonchev–Trinajstić information content (AvgIpc) is 3.08. The lowest BCUT2D eigenvalue weighted by molar-refractivity contribution is 0.111. The Balaban J connectivity index is 1.75. The highest BCUT2D eigenvalue weighted by Gasteiger charge is 2.29. The Hall–Kier alpha value is -2.37. The van der Waals surface area contributed by atoms with Gasteiger partial charge in [-0.1, -0.05) is 19.8 Å². The number of carbonyl (C=O) groups excluding carboxylic acids is 1. The van der Waals surface area contributed by atoms with Gasteiger partial charge in [0.05, 0.1) is 19.0 Å². The van der Waals surface area contributed by atoms with E-state index in [1.54, 1.807) is 0 Å². The monoisotopic (exact) mass is 343 g/mol. The number of ether oxygens (including phenoxy) is 1. The third kappa shape index (κ3) is 3.83. The Morgan fingerprint density at radius 1 is 1.36 bits per heavy atom. The van der Waals surface area contributed by atoms with E-state index in [2.05, 4.69) is 27.8 Å². The second-order valence-corrected chi connectivity index (χ2v) is 6.63. The summed E-state index contributed by atoms with van der Waals surface area (Å²) in [7, 11) is 0. The Morgan fingerprint density at radius 3 is 3.00 bits per heavy atom. The summed E-state index contributed by atoms with van der Waals surface area (Å²) < 4.78 is 8.00. The van der Waals surface area contributed by atoms with Gasteiger partial charge in [0, 0.05) is 30.3 Å². The molecule has 2 aromatic heterocycles. The van der Waals surface area contributed by atoms with Gasteiger partial charge in [0.25, 0.3) is 0 Å². The Kier molecular flexibility index (Phi) is 5.68. The van der Waals surface area contributed by atoms with E-state index in [1.165, 1.54) is 30.9 Å². The molecular weight excluding hydrogens is 318 g/mol. The topological polar surface area (TPSA) is 77.2 Å². The Labute approximate surface area is 147 Å². The lowest BCUT2D eigenvalue weighted by Crippen LogP contribution is -2.26. The van der Waals surface area contributed by atoms with Gasteiger partial charge in [-0.05, 0) is 25.3 Å². The molecule has 3 rings (SSSR count). The van der Waals surface area contributed by atoms with E-state index >= 15 is 0 Å². The first-order valence-electron chi connectivity index (χ1n) is 9.01. The van der Waals surface area contributed by atoms with Crippen molar-refractivity contribution in [3.05, 3.63) is 35.9 Å². The predicted octanol–water partition coefficient (Wildman–Crippen LogP) is 3.56. The number of hydrogen-bond donors (Lipinski definition) is 1. The highest BCUT2D eigenvalue weighted by molar-refractivity contribution is 5.82. The molecule has 2 unspecified atom stereocenters. The molecule has 0 aromatic carbocycles. The summed E-state index contributed by atoms with van der Waals surface area (Å²) in [6.07, 6.45) is 10.9. The number of pyridine rings is 1. The van der Waals surface area contributed by atoms with E-state index in [9.17, 15) is 9.90 Å². The fourth-order valence-corrected chi connectivity index (χ4v) is 3.72. The summed E-state index contributed by atoms with van der Waals surface area (Å²) in [6.45, 7) is 3.59. The third-order valence-electron chi connectivity index (χ3n) is 4.97. The van der Waals surface area contributed by atoms with Crippen LogP contribution in [0.5, 0.6) is 11.5 Å². The molecule has 6 heteroatoms. The van der Waals surface area contributed by atoms with Crippen molar-refractivity contribution < 1.29 is 14.6 Å². The number of hydrogen-bond acceptors (Lipinski definition) is 5. The first-order chi connectivity index (χ1) is 12.2. The molecule has 0 amide bonds. The number of aromatic nitrogens is 3. The summed E-state index contributed by atoms with van der Waals surface area (Å²) in [5.74, 6) is 0.978. The molecule has 2 heterocycles. The molecule has 1 saturated carbocycles. The first-order valence-corrected chi connectivity index (χ1v) is 9.01. The minimum absolute atomic E-state index is 0.145. The lowest BCUT2D eigenvalue weighted by atomic mass is 9.78. The quantitative estimate of drug-likeness (QED) is 0.778. The van der Waals surface area contributed by atoms with Crippen molar-refractivity contribution in [3.63, 3.8) is 0 Å². The van der Waals surface area contributed by atoms with Crippen LogP contribution in [0.3, 0.4) is 0 Å². The van der Waals surface area contributed by atoms with Crippen LogP contribution >= 0.6 is 0 Å². The molecule has 1 fully saturated rings. The standard InChI is InChI=1S/C19H25N3O3/c1-2-9-22-17(7-8-21-22)15-6-4-3-5-14(15)13-25-19-11-20-10-18(24)16(19)12-23/h7-8,10-12,14-15,24H,2-6,9,13H2,1H3. The molecule has 134 valence electrons. The lowest BCUT2D eigenvalue weighted by Gasteiger charge is -2.32. The van der Waals surface area contributed by atoms with Crippen LogP contribution in [0.2, 0.25) is 0 Å². The molecule has 0 aliphatic heterocycles.